The molecule has 0 bridgehead atoms. The van der Waals surface area contributed by atoms with E-state index in [0.717, 1.165) is 0 Å². The van der Waals surface area contributed by atoms with Crippen molar-refractivity contribution in [1.29, 1.82) is 0 Å². The number of aryl methyl sites for hydroxylation is 1. The van der Waals surface area contributed by atoms with Crippen LogP contribution >= 0.6 is 0 Å². The van der Waals surface area contributed by atoms with Gasteiger partial charge >= 0.3 is 0 Å². The summed E-state index contributed by atoms with van der Waals surface area (Å²) in [7, 11) is 0. The molecule has 62 valence electrons. The molecule has 0 aliphatic heterocycles. The van der Waals surface area contributed by atoms with E-state index < -0.39 is 0 Å². The summed E-state index contributed by atoms with van der Waals surface area (Å²) in [6, 6.07) is 4.16. The van der Waals surface area contributed by atoms with Crippen LogP contribution in [-0.4, -0.2) is 4.98 Å². The summed E-state index contributed by atoms with van der Waals surface area (Å²) in [6.07, 6.45) is 7.45. The van der Waals surface area contributed by atoms with Gasteiger partial charge in [0.15, 0.2) is 0 Å². The topological polar surface area (TPSA) is 12.9 Å². The Morgan fingerprint density at radius 2 is 1.91 bits per heavy atom. The smallest absolute Gasteiger partial charge is 0.0270 e. The molecule has 1 nitrogen and oxygen atoms in total. The van der Waals surface area contributed by atoms with E-state index in [4.69, 9.17) is 0 Å². The van der Waals surface area contributed by atoms with Gasteiger partial charge in [-0.05, 0) is 30.5 Å². The molecule has 0 aromatic carbocycles. The van der Waals surface area contributed by atoms with Gasteiger partial charge in [-0.2, -0.15) is 0 Å². The molecular weight excluding hydrogens is 141 g/mol. The van der Waals surface area contributed by atoms with Crippen LogP contribution in [0.4, 0.5) is 4.70 Å². The van der Waals surface area contributed by atoms with E-state index >= 15 is 0 Å². The molecule has 0 saturated carbocycles. The van der Waals surface area contributed by atoms with Gasteiger partial charge in [0, 0.05) is 12.4 Å². The standard InChI is InChI=1S/C9H13N.FH/c1-2-3-4-9-5-7-10-8-6-9;/h5-8H,2-4H2,1H3;1H. The molecule has 0 aliphatic rings. The van der Waals surface area contributed by atoms with Gasteiger partial charge < -0.3 is 0 Å². The normalized spacial score (nSPS) is 8.82. The lowest BCUT2D eigenvalue weighted by atomic mass is 10.1. The van der Waals surface area contributed by atoms with Crippen molar-refractivity contribution in [2.24, 2.45) is 0 Å². The van der Waals surface area contributed by atoms with Crippen molar-refractivity contribution in [1.82, 2.24) is 4.98 Å². The van der Waals surface area contributed by atoms with Crippen LogP contribution in [0.2, 0.25) is 0 Å². The van der Waals surface area contributed by atoms with Crippen molar-refractivity contribution < 1.29 is 4.70 Å². The molecule has 0 spiro atoms. The van der Waals surface area contributed by atoms with Crippen molar-refractivity contribution in [2.75, 3.05) is 0 Å². The van der Waals surface area contributed by atoms with Gasteiger partial charge in [-0.25, -0.2) is 0 Å². The predicted molar refractivity (Wildman–Crippen MR) is 45.4 cm³/mol. The lowest BCUT2D eigenvalue weighted by Crippen LogP contribution is -1.83. The molecule has 2 heteroatoms. The Morgan fingerprint density at radius 1 is 1.27 bits per heavy atom. The zero-order valence-electron chi connectivity index (χ0n) is 6.79. The molecule has 0 amide bonds. The number of nitrogens with zero attached hydrogens (tertiary/aromatic N) is 1. The van der Waals surface area contributed by atoms with E-state index in [1.54, 1.807) is 0 Å². The summed E-state index contributed by atoms with van der Waals surface area (Å²) >= 11 is 0. The van der Waals surface area contributed by atoms with E-state index in [-0.39, 0.29) is 4.70 Å². The minimum atomic E-state index is 0. The van der Waals surface area contributed by atoms with Gasteiger partial charge in [-0.15, -0.1) is 0 Å². The molecule has 0 unspecified atom stereocenters. The monoisotopic (exact) mass is 155 g/mol. The first kappa shape index (κ1) is 10.1. The average Bonchev–Trinajstić information content (AvgIpc) is 2.03. The summed E-state index contributed by atoms with van der Waals surface area (Å²) in [4.78, 5) is 3.95. The Morgan fingerprint density at radius 3 is 2.45 bits per heavy atom. The lowest BCUT2D eigenvalue weighted by Gasteiger charge is -1.95. The number of rotatable bonds is 3. The Kier molecular flexibility index (Phi) is 5.35. The average molecular weight is 155 g/mol. The van der Waals surface area contributed by atoms with Crippen molar-refractivity contribution in [3.05, 3.63) is 30.1 Å². The van der Waals surface area contributed by atoms with Crippen LogP contribution in [0, 0.1) is 0 Å². The Bertz CT molecular complexity index is 174. The number of unbranched alkanes of at least 4 members (excludes halogenated alkanes) is 1. The van der Waals surface area contributed by atoms with Crippen LogP contribution < -0.4 is 0 Å². The Labute approximate surface area is 66.8 Å². The van der Waals surface area contributed by atoms with E-state index in [2.05, 4.69) is 24.0 Å². The Balaban J connectivity index is 0.000001000. The highest BCUT2D eigenvalue weighted by Crippen LogP contribution is 2.01. The largest absolute Gasteiger partial charge is 0.269 e. The summed E-state index contributed by atoms with van der Waals surface area (Å²) in [6.45, 7) is 2.21. The SMILES string of the molecule is CCCCc1ccncc1.F. The van der Waals surface area contributed by atoms with Crippen molar-refractivity contribution in [2.45, 2.75) is 26.2 Å². The zero-order valence-corrected chi connectivity index (χ0v) is 6.79. The Hall–Kier alpha value is -0.920. The van der Waals surface area contributed by atoms with Gasteiger partial charge in [-0.1, -0.05) is 13.3 Å². The third-order valence-electron chi connectivity index (χ3n) is 1.57. The third-order valence-corrected chi connectivity index (χ3v) is 1.57. The van der Waals surface area contributed by atoms with Crippen LogP contribution in [0.25, 0.3) is 0 Å². The van der Waals surface area contributed by atoms with Gasteiger partial charge in [0.25, 0.3) is 0 Å². The molecule has 0 radical (unpaired) electrons. The van der Waals surface area contributed by atoms with Crippen LogP contribution in [0.3, 0.4) is 0 Å². The van der Waals surface area contributed by atoms with Gasteiger partial charge in [0.1, 0.15) is 0 Å². The highest BCUT2D eigenvalue weighted by molar-refractivity contribution is 5.09. The summed E-state index contributed by atoms with van der Waals surface area (Å²) in [5.74, 6) is 0. The molecule has 0 atom stereocenters. The molecule has 11 heavy (non-hydrogen) atoms. The maximum atomic E-state index is 3.95. The number of pyridine rings is 1. The summed E-state index contributed by atoms with van der Waals surface area (Å²) < 4.78 is 0. The molecular formula is C9H14FN. The van der Waals surface area contributed by atoms with Crippen molar-refractivity contribution in [3.8, 4) is 0 Å². The maximum Gasteiger partial charge on any atom is 0.0270 e. The van der Waals surface area contributed by atoms with Gasteiger partial charge in [0.05, 0.1) is 0 Å². The van der Waals surface area contributed by atoms with E-state index in [0.29, 0.717) is 0 Å². The predicted octanol–water partition coefficient (Wildman–Crippen LogP) is 2.58. The molecule has 0 N–H and O–H groups in total. The van der Waals surface area contributed by atoms with Crippen LogP contribution in [-0.2, 0) is 6.42 Å². The van der Waals surface area contributed by atoms with E-state index in [9.17, 15) is 0 Å². The zero-order chi connectivity index (χ0) is 7.23. The highest BCUT2D eigenvalue weighted by Gasteiger charge is 1.87. The summed E-state index contributed by atoms with van der Waals surface area (Å²) in [5, 5.41) is 0. The van der Waals surface area contributed by atoms with Crippen LogP contribution in [0.15, 0.2) is 24.5 Å². The molecule has 1 aromatic heterocycles. The number of hydrogen-bond acceptors (Lipinski definition) is 1. The second kappa shape index (κ2) is 5.83. The highest BCUT2D eigenvalue weighted by atomic mass is 19.0. The van der Waals surface area contributed by atoms with E-state index in [1.165, 1.54) is 24.8 Å². The first-order valence-corrected chi connectivity index (χ1v) is 3.82. The first-order chi connectivity index (χ1) is 4.93. The second-order valence-corrected chi connectivity index (χ2v) is 2.46. The molecule has 1 aromatic rings. The van der Waals surface area contributed by atoms with Crippen molar-refractivity contribution >= 4 is 0 Å². The minimum absolute atomic E-state index is 0. The van der Waals surface area contributed by atoms with E-state index in [1.807, 2.05) is 12.4 Å². The third kappa shape index (κ3) is 3.71. The minimum Gasteiger partial charge on any atom is -0.269 e. The fourth-order valence-electron chi connectivity index (χ4n) is 0.930. The van der Waals surface area contributed by atoms with Gasteiger partial charge in [0.2, 0.25) is 0 Å². The van der Waals surface area contributed by atoms with Crippen molar-refractivity contribution in [3.63, 3.8) is 0 Å². The molecule has 0 aliphatic carbocycles. The fraction of sp³-hybridized carbons (Fsp3) is 0.444. The number of halogens is 1. The second-order valence-electron chi connectivity index (χ2n) is 2.46. The van der Waals surface area contributed by atoms with Gasteiger partial charge in [-0.3, -0.25) is 9.69 Å². The lowest BCUT2D eigenvalue weighted by molar-refractivity contribution is 0.794. The quantitative estimate of drug-likeness (QED) is 0.653. The first-order valence-electron chi connectivity index (χ1n) is 3.82. The number of hydrogen-bond donors (Lipinski definition) is 0. The molecule has 0 fully saturated rings. The fourth-order valence-corrected chi connectivity index (χ4v) is 0.930. The summed E-state index contributed by atoms with van der Waals surface area (Å²) in [5.41, 5.74) is 1.40. The number of aromatic nitrogens is 1. The molecule has 1 rings (SSSR count). The van der Waals surface area contributed by atoms with Crippen LogP contribution in [0.5, 0.6) is 0 Å². The van der Waals surface area contributed by atoms with Crippen LogP contribution in [0.1, 0.15) is 25.3 Å². The molecule has 1 heterocycles. The molecule has 0 saturated heterocycles. The maximum absolute atomic E-state index is 3.95.